The molecule has 0 aliphatic carbocycles. The maximum absolute atomic E-state index is 12.6. The number of para-hydroxylation sites is 1. The van der Waals surface area contributed by atoms with Gasteiger partial charge in [-0.15, -0.1) is 0 Å². The van der Waals surface area contributed by atoms with Crippen molar-refractivity contribution in [1.82, 2.24) is 9.88 Å². The molecular weight excluding hydrogens is 428 g/mol. The van der Waals surface area contributed by atoms with Crippen LogP contribution in [0.2, 0.25) is 0 Å². The smallest absolute Gasteiger partial charge is 0.391 e. The number of aromatic nitrogens is 1. The molecule has 0 aliphatic rings. The van der Waals surface area contributed by atoms with Crippen LogP contribution in [0.5, 0.6) is 5.88 Å². The van der Waals surface area contributed by atoms with Gasteiger partial charge in [0.15, 0.2) is 0 Å². The van der Waals surface area contributed by atoms with Crippen LogP contribution in [0.3, 0.4) is 0 Å². The van der Waals surface area contributed by atoms with Gasteiger partial charge in [-0.3, -0.25) is 14.6 Å². The molecule has 1 heterocycles. The monoisotopic (exact) mass is 460 g/mol. The van der Waals surface area contributed by atoms with Gasteiger partial charge < -0.3 is 10.1 Å². The Balaban J connectivity index is 1.54. The van der Waals surface area contributed by atoms with E-state index in [1.807, 2.05) is 54.6 Å². The fourth-order valence-corrected chi connectivity index (χ4v) is 3.55. The van der Waals surface area contributed by atoms with Gasteiger partial charge in [0.05, 0.1) is 11.9 Å². The lowest BCUT2D eigenvalue weighted by molar-refractivity contribution is 0.102. The molecule has 0 saturated heterocycles. The predicted molar refractivity (Wildman–Crippen MR) is 135 cm³/mol. The fourth-order valence-electron chi connectivity index (χ4n) is 3.55. The average molecular weight is 461 g/mol. The first-order chi connectivity index (χ1) is 16.5. The Morgan fingerprint density at radius 3 is 2.18 bits per heavy atom. The summed E-state index contributed by atoms with van der Waals surface area (Å²) in [5, 5.41) is 2.83. The highest BCUT2D eigenvalue weighted by Gasteiger charge is 2.14. The quantitative estimate of drug-likeness (QED) is 0.427. The zero-order chi connectivity index (χ0) is 24.3. The molecule has 0 saturated carbocycles. The highest BCUT2D eigenvalue weighted by molar-refractivity contribution is 6.04. The van der Waals surface area contributed by atoms with E-state index in [2.05, 4.69) is 29.0 Å². The molecule has 0 radical (unpaired) electrons. The molecule has 0 atom stereocenters. The number of benzene rings is 2. The van der Waals surface area contributed by atoms with Gasteiger partial charge in [-0.1, -0.05) is 44.2 Å². The minimum absolute atomic E-state index is 0.152. The molecule has 0 aliphatic heterocycles. The van der Waals surface area contributed by atoms with Crippen molar-refractivity contribution in [1.29, 1.82) is 0 Å². The molecule has 1 N–H and O–H groups in total. The second kappa shape index (κ2) is 12.5. The number of carbonyl (C=O) groups excluding carboxylic acids is 2. The lowest BCUT2D eigenvalue weighted by Crippen LogP contribution is -2.29. The van der Waals surface area contributed by atoms with Crippen molar-refractivity contribution in [2.75, 3.05) is 30.4 Å². The molecule has 0 unspecified atom stereocenters. The number of pyridine rings is 1. The predicted octanol–water partition coefficient (Wildman–Crippen LogP) is 5.59. The molecule has 1 aromatic heterocycles. The van der Waals surface area contributed by atoms with Crippen molar-refractivity contribution in [3.05, 3.63) is 84.1 Å². The second-order valence-electron chi connectivity index (χ2n) is 8.07. The maximum Gasteiger partial charge on any atom is 0.420 e. The number of carbonyl (C=O) groups is 2. The third-order valence-corrected chi connectivity index (χ3v) is 5.31. The standard InChI is InChI=1S/C27H32N4O3/c1-4-17-31(18-5-2)20-21-11-13-22(14-12-21)26(32)29-23-15-16-25(28-19-23)34-27(33)30(3)24-9-7-6-8-10-24/h6-16,19H,4-5,17-18,20H2,1-3H3,(H,29,32). The minimum atomic E-state index is -0.549. The Bertz CT molecular complexity index is 1050. The number of anilines is 2. The number of ether oxygens (including phenoxy) is 1. The number of nitrogens with one attached hydrogen (secondary N) is 1. The van der Waals surface area contributed by atoms with Crippen LogP contribution in [0, 0.1) is 0 Å². The highest BCUT2D eigenvalue weighted by Crippen LogP contribution is 2.17. The Hall–Kier alpha value is -3.71. The third kappa shape index (κ3) is 7.15. The molecule has 3 aromatic rings. The molecule has 178 valence electrons. The average Bonchev–Trinajstić information content (AvgIpc) is 2.86. The van der Waals surface area contributed by atoms with Crippen molar-refractivity contribution >= 4 is 23.4 Å². The van der Waals surface area contributed by atoms with Gasteiger partial charge in [-0.25, -0.2) is 9.78 Å². The molecule has 0 bridgehead atoms. The topological polar surface area (TPSA) is 74.8 Å². The molecule has 3 rings (SSSR count). The molecule has 34 heavy (non-hydrogen) atoms. The minimum Gasteiger partial charge on any atom is -0.391 e. The van der Waals surface area contributed by atoms with E-state index in [0.29, 0.717) is 16.9 Å². The Morgan fingerprint density at radius 1 is 0.912 bits per heavy atom. The lowest BCUT2D eigenvalue weighted by Gasteiger charge is -2.21. The summed E-state index contributed by atoms with van der Waals surface area (Å²) in [5.41, 5.74) is 2.99. The van der Waals surface area contributed by atoms with Gasteiger partial charge in [0, 0.05) is 30.9 Å². The first-order valence-corrected chi connectivity index (χ1v) is 11.6. The van der Waals surface area contributed by atoms with Crippen LogP contribution in [0.4, 0.5) is 16.2 Å². The number of hydrogen-bond donors (Lipinski definition) is 1. The molecule has 7 nitrogen and oxygen atoms in total. The lowest BCUT2D eigenvalue weighted by atomic mass is 10.1. The third-order valence-electron chi connectivity index (χ3n) is 5.31. The molecular formula is C27H32N4O3. The SMILES string of the molecule is CCCN(CCC)Cc1ccc(C(=O)Nc2ccc(OC(=O)N(C)c3ccccc3)nc2)cc1. The first-order valence-electron chi connectivity index (χ1n) is 11.6. The van der Waals surface area contributed by atoms with E-state index in [-0.39, 0.29) is 11.8 Å². The fraction of sp³-hybridized carbons (Fsp3) is 0.296. The van der Waals surface area contributed by atoms with Crippen LogP contribution < -0.4 is 15.0 Å². The summed E-state index contributed by atoms with van der Waals surface area (Å²) >= 11 is 0. The summed E-state index contributed by atoms with van der Waals surface area (Å²) in [6.07, 6.45) is 3.16. The van der Waals surface area contributed by atoms with Crippen LogP contribution in [0.25, 0.3) is 0 Å². The van der Waals surface area contributed by atoms with Crippen molar-refractivity contribution < 1.29 is 14.3 Å². The first kappa shape index (κ1) is 24.9. The summed E-state index contributed by atoms with van der Waals surface area (Å²) in [7, 11) is 1.63. The van der Waals surface area contributed by atoms with Gasteiger partial charge in [0.2, 0.25) is 5.88 Å². The summed E-state index contributed by atoms with van der Waals surface area (Å²) in [6, 6.07) is 20.1. The number of amides is 2. The van der Waals surface area contributed by atoms with Gasteiger partial charge in [-0.2, -0.15) is 0 Å². The molecule has 7 heteroatoms. The van der Waals surface area contributed by atoms with E-state index in [9.17, 15) is 9.59 Å². The van der Waals surface area contributed by atoms with Gasteiger partial charge in [0.25, 0.3) is 5.91 Å². The summed E-state index contributed by atoms with van der Waals surface area (Å²) < 4.78 is 5.31. The van der Waals surface area contributed by atoms with Crippen molar-refractivity contribution in [3.8, 4) is 5.88 Å². The zero-order valence-electron chi connectivity index (χ0n) is 20.0. The second-order valence-corrected chi connectivity index (χ2v) is 8.07. The van der Waals surface area contributed by atoms with E-state index in [0.717, 1.165) is 32.5 Å². The maximum atomic E-state index is 12.6. The number of nitrogens with zero attached hydrogens (tertiary/aromatic N) is 3. The Kier molecular flexibility index (Phi) is 9.17. The van der Waals surface area contributed by atoms with Crippen molar-refractivity contribution in [2.24, 2.45) is 0 Å². The van der Waals surface area contributed by atoms with Crippen LogP contribution in [0.15, 0.2) is 72.9 Å². The summed E-state index contributed by atoms with van der Waals surface area (Å²) in [4.78, 5) is 32.9. The van der Waals surface area contributed by atoms with Gasteiger partial charge in [-0.05, 0) is 61.8 Å². The largest absolute Gasteiger partial charge is 0.420 e. The summed E-state index contributed by atoms with van der Waals surface area (Å²) in [5.74, 6) is -0.0697. The highest BCUT2D eigenvalue weighted by atomic mass is 16.6. The van der Waals surface area contributed by atoms with Crippen molar-refractivity contribution in [3.63, 3.8) is 0 Å². The van der Waals surface area contributed by atoms with Gasteiger partial charge >= 0.3 is 6.09 Å². The van der Waals surface area contributed by atoms with Crippen LogP contribution in [0.1, 0.15) is 42.6 Å². The Morgan fingerprint density at radius 2 is 1.59 bits per heavy atom. The van der Waals surface area contributed by atoms with Crippen LogP contribution in [-0.2, 0) is 6.54 Å². The normalized spacial score (nSPS) is 10.7. The van der Waals surface area contributed by atoms with E-state index in [4.69, 9.17) is 4.74 Å². The zero-order valence-corrected chi connectivity index (χ0v) is 20.0. The molecule has 2 amide bonds. The van der Waals surface area contributed by atoms with E-state index >= 15 is 0 Å². The molecule has 0 fully saturated rings. The summed E-state index contributed by atoms with van der Waals surface area (Å²) in [6.45, 7) is 7.39. The number of hydrogen-bond acceptors (Lipinski definition) is 5. The van der Waals surface area contributed by atoms with Gasteiger partial charge in [0.1, 0.15) is 0 Å². The Labute approximate surface area is 201 Å². The van der Waals surface area contributed by atoms with Crippen molar-refractivity contribution in [2.45, 2.75) is 33.2 Å². The van der Waals surface area contributed by atoms with E-state index in [1.165, 1.54) is 16.7 Å². The number of rotatable bonds is 10. The van der Waals surface area contributed by atoms with Crippen LogP contribution >= 0.6 is 0 Å². The molecule has 2 aromatic carbocycles. The molecule has 0 spiro atoms. The van der Waals surface area contributed by atoms with Crippen LogP contribution in [-0.4, -0.2) is 42.0 Å². The van der Waals surface area contributed by atoms with E-state index in [1.54, 1.807) is 19.2 Å². The van der Waals surface area contributed by atoms with E-state index < -0.39 is 6.09 Å².